The third-order valence-electron chi connectivity index (χ3n) is 6.57. The molecule has 0 aromatic heterocycles. The maximum atomic E-state index is 12.7. The van der Waals surface area contributed by atoms with E-state index in [1.807, 2.05) is 13.8 Å². The Balaban J connectivity index is 1.55. The Labute approximate surface area is 261 Å². The molecule has 1 aliphatic heterocycles. The maximum Gasteiger partial charge on any atom is 0.297 e. The van der Waals surface area contributed by atoms with Crippen LogP contribution >= 0.6 is 0 Å². The van der Waals surface area contributed by atoms with Crippen molar-refractivity contribution in [3.63, 3.8) is 0 Å². The average molecular weight is 661 g/mol. The maximum absolute atomic E-state index is 12.7. The van der Waals surface area contributed by atoms with E-state index >= 15 is 0 Å². The van der Waals surface area contributed by atoms with Crippen molar-refractivity contribution in [2.24, 2.45) is 0 Å². The summed E-state index contributed by atoms with van der Waals surface area (Å²) >= 11 is 0. The highest BCUT2D eigenvalue weighted by molar-refractivity contribution is 7.87. The van der Waals surface area contributed by atoms with Crippen LogP contribution in [0, 0.1) is 13.8 Å². The second-order valence-electron chi connectivity index (χ2n) is 11.0. The van der Waals surface area contributed by atoms with Crippen LogP contribution in [0.1, 0.15) is 25.0 Å². The third kappa shape index (κ3) is 12.4. The summed E-state index contributed by atoms with van der Waals surface area (Å²) in [5.41, 5.74) is -0.324. The first-order valence-corrected chi connectivity index (χ1v) is 17.2. The first-order chi connectivity index (χ1) is 20.8. The van der Waals surface area contributed by atoms with Gasteiger partial charge in [0.15, 0.2) is 0 Å². The van der Waals surface area contributed by atoms with Gasteiger partial charge >= 0.3 is 0 Å². The van der Waals surface area contributed by atoms with Crippen LogP contribution in [-0.2, 0) is 57.0 Å². The molecule has 14 heteroatoms. The highest BCUT2D eigenvalue weighted by atomic mass is 32.2. The molecule has 0 saturated carbocycles. The fourth-order valence-corrected chi connectivity index (χ4v) is 5.93. The molecule has 0 aliphatic carbocycles. The second kappa shape index (κ2) is 17.1. The van der Waals surface area contributed by atoms with Gasteiger partial charge in [-0.2, -0.15) is 16.8 Å². The van der Waals surface area contributed by atoms with E-state index in [9.17, 15) is 16.8 Å². The quantitative estimate of drug-likeness (QED) is 0.384. The van der Waals surface area contributed by atoms with E-state index in [0.717, 1.165) is 11.1 Å². The molecule has 248 valence electrons. The Bertz CT molecular complexity index is 1240. The van der Waals surface area contributed by atoms with Crippen molar-refractivity contribution in [3.05, 3.63) is 59.7 Å². The molecule has 0 N–H and O–H groups in total. The van der Waals surface area contributed by atoms with Crippen LogP contribution in [0.5, 0.6) is 0 Å². The number of hydrogen-bond donors (Lipinski definition) is 0. The summed E-state index contributed by atoms with van der Waals surface area (Å²) in [4.78, 5) is 0.105. The third-order valence-corrected chi connectivity index (χ3v) is 9.13. The van der Waals surface area contributed by atoms with E-state index in [2.05, 4.69) is 0 Å². The highest BCUT2D eigenvalue weighted by Gasteiger charge is 2.31. The Kier molecular flexibility index (Phi) is 14.2. The summed E-state index contributed by atoms with van der Waals surface area (Å²) in [6.45, 7) is 8.29. The summed E-state index contributed by atoms with van der Waals surface area (Å²) in [7, 11) is -8.01. The number of benzene rings is 2. The van der Waals surface area contributed by atoms with Gasteiger partial charge in [0.2, 0.25) is 0 Å². The largest absolute Gasteiger partial charge is 0.377 e. The predicted molar refractivity (Wildman–Crippen MR) is 161 cm³/mol. The smallest absolute Gasteiger partial charge is 0.297 e. The van der Waals surface area contributed by atoms with Crippen LogP contribution in [-0.4, -0.2) is 107 Å². The fourth-order valence-electron chi connectivity index (χ4n) is 3.91. The van der Waals surface area contributed by atoms with Crippen molar-refractivity contribution in [1.82, 2.24) is 0 Å². The molecule has 0 unspecified atom stereocenters. The zero-order valence-electron chi connectivity index (χ0n) is 25.8. The minimum atomic E-state index is -4.00. The number of ether oxygens (including phenoxy) is 6. The summed E-state index contributed by atoms with van der Waals surface area (Å²) in [6, 6.07) is 12.8. The Hall–Kier alpha value is -1.98. The van der Waals surface area contributed by atoms with Crippen LogP contribution in [0.4, 0.5) is 0 Å². The normalized spacial score (nSPS) is 24.3. The lowest BCUT2D eigenvalue weighted by Gasteiger charge is -2.30. The van der Waals surface area contributed by atoms with Crippen molar-refractivity contribution in [2.45, 2.75) is 48.7 Å². The van der Waals surface area contributed by atoms with Crippen molar-refractivity contribution in [2.75, 3.05) is 79.3 Å². The molecule has 0 radical (unpaired) electrons. The first-order valence-electron chi connectivity index (χ1n) is 14.3. The van der Waals surface area contributed by atoms with Gasteiger partial charge in [0.1, 0.15) is 11.2 Å². The fraction of sp³-hybridized carbons (Fsp3) is 0.600. The monoisotopic (exact) mass is 660 g/mol. The zero-order valence-corrected chi connectivity index (χ0v) is 27.5. The van der Waals surface area contributed by atoms with Gasteiger partial charge in [0.25, 0.3) is 20.2 Å². The summed E-state index contributed by atoms with van der Waals surface area (Å²) in [5.74, 6) is 0. The predicted octanol–water partition coefficient (Wildman–Crippen LogP) is 3.04. The van der Waals surface area contributed by atoms with Crippen LogP contribution in [0.3, 0.4) is 0 Å². The summed E-state index contributed by atoms with van der Waals surface area (Å²) in [5, 5.41) is 0. The van der Waals surface area contributed by atoms with Gasteiger partial charge in [-0.3, -0.25) is 8.37 Å². The van der Waals surface area contributed by atoms with E-state index in [-0.39, 0.29) is 89.1 Å². The molecule has 1 fully saturated rings. The molecule has 1 heterocycles. The molecule has 0 bridgehead atoms. The zero-order chi connectivity index (χ0) is 32.1. The van der Waals surface area contributed by atoms with E-state index in [1.165, 1.54) is 24.3 Å². The standard InChI is InChI=1S/C30H44O12S2/c1-25-5-9-27(10-6-25)43(31,32)41-23-29(3)21-37-15-13-35-14-16-38-22-30(4,40-20-18-36-17-19-39-29)24-42-44(33,34)28-11-7-26(2)8-12-28/h5-12H,13-24H2,1-4H3/t29-,30-/m0/s1. The molecular weight excluding hydrogens is 616 g/mol. The van der Waals surface area contributed by atoms with Gasteiger partial charge in [0, 0.05) is 0 Å². The van der Waals surface area contributed by atoms with Gasteiger partial charge in [-0.05, 0) is 52.0 Å². The molecule has 1 saturated heterocycles. The van der Waals surface area contributed by atoms with Crippen LogP contribution in [0.15, 0.2) is 58.3 Å². The molecule has 0 amide bonds. The van der Waals surface area contributed by atoms with Crippen LogP contribution < -0.4 is 0 Å². The van der Waals surface area contributed by atoms with Crippen molar-refractivity contribution in [1.29, 1.82) is 0 Å². The minimum Gasteiger partial charge on any atom is -0.377 e. The SMILES string of the molecule is Cc1ccc(S(=O)(=O)OC[C@]2(C)COCCOCCOC[C@@](C)(COS(=O)(=O)c3ccc(C)cc3)OCCOCCO2)cc1. The first kappa shape index (κ1) is 36.5. The molecule has 44 heavy (non-hydrogen) atoms. The lowest BCUT2D eigenvalue weighted by Crippen LogP contribution is -2.42. The molecular formula is C30H44O12S2. The van der Waals surface area contributed by atoms with Gasteiger partial charge in [-0.1, -0.05) is 35.4 Å². The Morgan fingerprint density at radius 1 is 0.545 bits per heavy atom. The second-order valence-corrected chi connectivity index (χ2v) is 14.2. The molecule has 2 atom stereocenters. The van der Waals surface area contributed by atoms with E-state index < -0.39 is 31.4 Å². The molecule has 1 aliphatic rings. The lowest BCUT2D eigenvalue weighted by atomic mass is 10.1. The van der Waals surface area contributed by atoms with Crippen molar-refractivity contribution in [3.8, 4) is 0 Å². The van der Waals surface area contributed by atoms with Gasteiger partial charge in [-0.25, -0.2) is 0 Å². The average Bonchev–Trinajstić information content (AvgIpc) is 2.98. The van der Waals surface area contributed by atoms with Gasteiger partial charge in [0.05, 0.1) is 89.1 Å². The van der Waals surface area contributed by atoms with Crippen LogP contribution in [0.25, 0.3) is 0 Å². The molecule has 2 aromatic carbocycles. The van der Waals surface area contributed by atoms with Crippen molar-refractivity contribution < 1.29 is 53.6 Å². The van der Waals surface area contributed by atoms with Gasteiger partial charge < -0.3 is 28.4 Å². The topological polar surface area (TPSA) is 142 Å². The molecule has 12 nitrogen and oxygen atoms in total. The molecule has 3 rings (SSSR count). The lowest BCUT2D eigenvalue weighted by molar-refractivity contribution is -0.139. The summed E-state index contributed by atoms with van der Waals surface area (Å²) < 4.78 is 96.2. The van der Waals surface area contributed by atoms with Crippen LogP contribution in [0.2, 0.25) is 0 Å². The van der Waals surface area contributed by atoms with E-state index in [0.29, 0.717) is 0 Å². The van der Waals surface area contributed by atoms with Crippen molar-refractivity contribution >= 4 is 20.2 Å². The molecule has 2 aromatic rings. The van der Waals surface area contributed by atoms with E-state index in [1.54, 1.807) is 38.1 Å². The highest BCUT2D eigenvalue weighted by Crippen LogP contribution is 2.20. The number of rotatable bonds is 8. The Morgan fingerprint density at radius 3 is 1.23 bits per heavy atom. The molecule has 0 spiro atoms. The summed E-state index contributed by atoms with van der Waals surface area (Å²) in [6.07, 6.45) is 0. The Morgan fingerprint density at radius 2 is 0.864 bits per heavy atom. The van der Waals surface area contributed by atoms with Gasteiger partial charge in [-0.15, -0.1) is 0 Å². The number of hydrogen-bond acceptors (Lipinski definition) is 12. The minimum absolute atomic E-state index is 0.0527. The van der Waals surface area contributed by atoms with E-state index in [4.69, 9.17) is 36.8 Å². The number of aryl methyl sites for hydroxylation is 2.